The lowest BCUT2D eigenvalue weighted by atomic mass is 10.2. The maximum absolute atomic E-state index is 5.77. The topological polar surface area (TPSA) is 64.3 Å². The summed E-state index contributed by atoms with van der Waals surface area (Å²) in [7, 11) is 2.02. The number of anilines is 2. The van der Waals surface area contributed by atoms with Crippen molar-refractivity contribution in [2.45, 2.75) is 32.3 Å². The molecule has 1 saturated heterocycles. The van der Waals surface area contributed by atoms with Crippen LogP contribution >= 0.6 is 0 Å². The molecule has 0 saturated carbocycles. The van der Waals surface area contributed by atoms with Crippen molar-refractivity contribution in [3.05, 3.63) is 11.9 Å². The lowest BCUT2D eigenvalue weighted by Gasteiger charge is -2.22. The molecule has 1 aromatic heterocycles. The number of nitrogens with zero attached hydrogens (tertiary/aromatic N) is 3. The fourth-order valence-electron chi connectivity index (χ4n) is 2.04. The third-order valence-electron chi connectivity index (χ3n) is 2.99. The Morgan fingerprint density at radius 3 is 3.00 bits per heavy atom. The predicted molar refractivity (Wildman–Crippen MR) is 68.1 cm³/mol. The zero-order valence-corrected chi connectivity index (χ0v) is 10.5. The second kappa shape index (κ2) is 5.31. The van der Waals surface area contributed by atoms with Crippen LogP contribution in [0, 0.1) is 0 Å². The highest BCUT2D eigenvalue weighted by molar-refractivity contribution is 5.46. The van der Waals surface area contributed by atoms with Crippen LogP contribution in [0.1, 0.15) is 25.6 Å². The van der Waals surface area contributed by atoms with Crippen molar-refractivity contribution in [2.24, 2.45) is 0 Å². The van der Waals surface area contributed by atoms with Crippen LogP contribution in [0.4, 0.5) is 11.6 Å². The number of hydrogen-bond acceptors (Lipinski definition) is 5. The second-order valence-electron chi connectivity index (χ2n) is 4.44. The molecule has 0 radical (unpaired) electrons. The number of aryl methyl sites for hydroxylation is 1. The van der Waals surface area contributed by atoms with E-state index in [-0.39, 0.29) is 0 Å². The number of hydrogen-bond donors (Lipinski definition) is 1. The highest BCUT2D eigenvalue weighted by Crippen LogP contribution is 2.17. The molecular weight excluding hydrogens is 216 g/mol. The van der Waals surface area contributed by atoms with Crippen LogP contribution in [0.2, 0.25) is 0 Å². The molecule has 5 heteroatoms. The number of nitrogens with two attached hydrogens (primary N) is 1. The second-order valence-corrected chi connectivity index (χ2v) is 4.44. The average molecular weight is 236 g/mol. The van der Waals surface area contributed by atoms with Gasteiger partial charge in [-0.3, -0.25) is 0 Å². The summed E-state index contributed by atoms with van der Waals surface area (Å²) >= 11 is 0. The Morgan fingerprint density at radius 2 is 2.35 bits per heavy atom. The largest absolute Gasteiger partial charge is 0.384 e. The molecule has 0 amide bonds. The summed E-state index contributed by atoms with van der Waals surface area (Å²) in [5, 5.41) is 0. The van der Waals surface area contributed by atoms with E-state index in [2.05, 4.69) is 14.9 Å². The molecular formula is C12H20N4O. The molecule has 0 bridgehead atoms. The highest BCUT2D eigenvalue weighted by Gasteiger charge is 2.18. The van der Waals surface area contributed by atoms with Crippen molar-refractivity contribution in [3.63, 3.8) is 0 Å². The molecule has 17 heavy (non-hydrogen) atoms. The third-order valence-corrected chi connectivity index (χ3v) is 2.99. The Hall–Kier alpha value is -1.36. The van der Waals surface area contributed by atoms with E-state index in [1.54, 1.807) is 0 Å². The summed E-state index contributed by atoms with van der Waals surface area (Å²) in [4.78, 5) is 10.7. The van der Waals surface area contributed by atoms with Crippen molar-refractivity contribution >= 4 is 11.6 Å². The maximum Gasteiger partial charge on any atom is 0.134 e. The normalized spacial score (nSPS) is 19.5. The van der Waals surface area contributed by atoms with Gasteiger partial charge in [-0.2, -0.15) is 0 Å². The molecule has 0 aromatic carbocycles. The van der Waals surface area contributed by atoms with Gasteiger partial charge in [0.15, 0.2) is 0 Å². The Balaban J connectivity index is 2.06. The molecule has 94 valence electrons. The van der Waals surface area contributed by atoms with Gasteiger partial charge in [0.25, 0.3) is 0 Å². The number of ether oxygens (including phenoxy) is 1. The number of aromatic nitrogens is 2. The summed E-state index contributed by atoms with van der Waals surface area (Å²) in [5.41, 5.74) is 5.77. The van der Waals surface area contributed by atoms with Crippen LogP contribution in [0.3, 0.4) is 0 Å². The minimum atomic E-state index is 0.321. The molecule has 2 heterocycles. The molecule has 1 aromatic rings. The monoisotopic (exact) mass is 236 g/mol. The third kappa shape index (κ3) is 3.06. The van der Waals surface area contributed by atoms with E-state index in [1.807, 2.05) is 20.0 Å². The van der Waals surface area contributed by atoms with Crippen LogP contribution in [0.25, 0.3) is 0 Å². The fourth-order valence-corrected chi connectivity index (χ4v) is 2.04. The molecule has 2 N–H and O–H groups in total. The highest BCUT2D eigenvalue weighted by atomic mass is 16.5. The first-order valence-electron chi connectivity index (χ1n) is 6.15. The smallest absolute Gasteiger partial charge is 0.134 e. The minimum Gasteiger partial charge on any atom is -0.384 e. The van der Waals surface area contributed by atoms with E-state index < -0.39 is 0 Å². The molecule has 0 aliphatic carbocycles. The maximum atomic E-state index is 5.77. The molecule has 1 fully saturated rings. The first kappa shape index (κ1) is 12.1. The number of rotatable bonds is 4. The predicted octanol–water partition coefficient (Wildman–Crippen LogP) is 1.24. The molecule has 1 atom stereocenters. The van der Waals surface area contributed by atoms with Gasteiger partial charge in [-0.25, -0.2) is 9.97 Å². The van der Waals surface area contributed by atoms with E-state index in [9.17, 15) is 0 Å². The molecule has 1 aliphatic rings. The molecule has 0 spiro atoms. The molecule has 2 rings (SSSR count). The lowest BCUT2D eigenvalue weighted by molar-refractivity contribution is 0.116. The number of likely N-dealkylation sites (N-methyl/N-ethyl adjacent to an activating group) is 1. The zero-order chi connectivity index (χ0) is 12.3. The van der Waals surface area contributed by atoms with E-state index in [1.165, 1.54) is 0 Å². The van der Waals surface area contributed by atoms with Crippen LogP contribution in [-0.4, -0.2) is 36.3 Å². The van der Waals surface area contributed by atoms with E-state index in [4.69, 9.17) is 10.5 Å². The standard InChI is InChI=1S/C12H20N4O/c1-3-11-14-10(13)7-12(15-11)16(2)8-9-5-4-6-17-9/h7,9H,3-6,8H2,1-2H3,(H2,13,14,15). The van der Waals surface area contributed by atoms with Gasteiger partial charge < -0.3 is 15.4 Å². The fraction of sp³-hybridized carbons (Fsp3) is 0.667. The average Bonchev–Trinajstić information content (AvgIpc) is 2.81. The minimum absolute atomic E-state index is 0.321. The molecule has 1 unspecified atom stereocenters. The zero-order valence-electron chi connectivity index (χ0n) is 10.5. The summed E-state index contributed by atoms with van der Waals surface area (Å²) in [5.74, 6) is 2.20. The van der Waals surface area contributed by atoms with Gasteiger partial charge in [-0.15, -0.1) is 0 Å². The van der Waals surface area contributed by atoms with Gasteiger partial charge in [0, 0.05) is 32.7 Å². The summed E-state index contributed by atoms with van der Waals surface area (Å²) in [6.45, 7) is 3.77. The van der Waals surface area contributed by atoms with Crippen molar-refractivity contribution < 1.29 is 4.74 Å². The van der Waals surface area contributed by atoms with Gasteiger partial charge in [0.2, 0.25) is 0 Å². The Bertz CT molecular complexity index is 377. The summed E-state index contributed by atoms with van der Waals surface area (Å²) < 4.78 is 5.62. The van der Waals surface area contributed by atoms with E-state index in [0.717, 1.165) is 44.1 Å². The van der Waals surface area contributed by atoms with Crippen LogP contribution in [0.5, 0.6) is 0 Å². The van der Waals surface area contributed by atoms with E-state index >= 15 is 0 Å². The SMILES string of the molecule is CCc1nc(N)cc(N(C)CC2CCCO2)n1. The van der Waals surface area contributed by atoms with Crippen LogP contribution < -0.4 is 10.6 Å². The van der Waals surface area contributed by atoms with Crippen molar-refractivity contribution in [1.82, 2.24) is 9.97 Å². The van der Waals surface area contributed by atoms with Gasteiger partial charge in [-0.05, 0) is 12.8 Å². The quantitative estimate of drug-likeness (QED) is 0.852. The van der Waals surface area contributed by atoms with Crippen LogP contribution in [0.15, 0.2) is 6.07 Å². The van der Waals surface area contributed by atoms with Gasteiger partial charge >= 0.3 is 0 Å². The van der Waals surface area contributed by atoms with Crippen molar-refractivity contribution in [1.29, 1.82) is 0 Å². The summed E-state index contributed by atoms with van der Waals surface area (Å²) in [6, 6.07) is 1.81. The van der Waals surface area contributed by atoms with Crippen molar-refractivity contribution in [3.8, 4) is 0 Å². The Labute approximate surface area is 102 Å². The van der Waals surface area contributed by atoms with Gasteiger partial charge in [-0.1, -0.05) is 6.92 Å². The molecule has 1 aliphatic heterocycles. The Kier molecular flexibility index (Phi) is 3.78. The van der Waals surface area contributed by atoms with Crippen LogP contribution in [-0.2, 0) is 11.2 Å². The van der Waals surface area contributed by atoms with E-state index in [0.29, 0.717) is 11.9 Å². The first-order chi connectivity index (χ1) is 8.19. The number of nitrogen functional groups attached to an aromatic ring is 1. The lowest BCUT2D eigenvalue weighted by Crippen LogP contribution is -2.29. The molecule has 5 nitrogen and oxygen atoms in total. The first-order valence-corrected chi connectivity index (χ1v) is 6.15. The Morgan fingerprint density at radius 1 is 1.53 bits per heavy atom. The summed E-state index contributed by atoms with van der Waals surface area (Å²) in [6.07, 6.45) is 3.41. The van der Waals surface area contributed by atoms with Gasteiger partial charge in [0.1, 0.15) is 17.5 Å². The van der Waals surface area contributed by atoms with Gasteiger partial charge in [0.05, 0.1) is 6.10 Å². The van der Waals surface area contributed by atoms with Crippen molar-refractivity contribution in [2.75, 3.05) is 30.8 Å².